The van der Waals surface area contributed by atoms with Gasteiger partial charge in [-0.2, -0.15) is 0 Å². The molecule has 0 aliphatic carbocycles. The topological polar surface area (TPSA) is 43.8 Å². The molecule has 2 rings (SSSR count). The molecule has 0 spiro atoms. The fraction of sp³-hybridized carbons (Fsp3) is 0.438. The van der Waals surface area contributed by atoms with Gasteiger partial charge >= 0.3 is 0 Å². The summed E-state index contributed by atoms with van der Waals surface area (Å²) >= 11 is 6.21. The second-order valence-corrected chi connectivity index (χ2v) is 5.88. The summed E-state index contributed by atoms with van der Waals surface area (Å²) in [6.45, 7) is 9.31. The predicted molar refractivity (Wildman–Crippen MR) is 86.2 cm³/mol. The third-order valence-electron chi connectivity index (χ3n) is 3.45. The molecule has 0 unspecified atom stereocenters. The van der Waals surface area contributed by atoms with Crippen molar-refractivity contribution in [2.45, 2.75) is 46.6 Å². The maximum absolute atomic E-state index is 6.31. The Kier molecular flexibility index (Phi) is 4.39. The third-order valence-corrected chi connectivity index (χ3v) is 3.85. The van der Waals surface area contributed by atoms with Crippen molar-refractivity contribution in [1.82, 2.24) is 9.55 Å². The Balaban J connectivity index is 2.56. The lowest BCUT2D eigenvalue weighted by Gasteiger charge is -2.10. The number of imidazole rings is 1. The molecule has 0 bridgehead atoms. The van der Waals surface area contributed by atoms with E-state index >= 15 is 0 Å². The van der Waals surface area contributed by atoms with E-state index in [0.717, 1.165) is 46.5 Å². The van der Waals surface area contributed by atoms with Gasteiger partial charge in [0.15, 0.2) is 0 Å². The van der Waals surface area contributed by atoms with E-state index in [-0.39, 0.29) is 0 Å². The number of aromatic nitrogens is 2. The molecular weight excluding hydrogens is 270 g/mol. The molecule has 4 heteroatoms. The number of nitrogens with two attached hydrogens (primary N) is 1. The fourth-order valence-electron chi connectivity index (χ4n) is 2.34. The first-order chi connectivity index (χ1) is 9.45. The van der Waals surface area contributed by atoms with E-state index in [0.29, 0.717) is 5.92 Å². The van der Waals surface area contributed by atoms with Crippen LogP contribution in [0.2, 0.25) is 5.02 Å². The molecule has 0 atom stereocenters. The molecule has 3 nitrogen and oxygen atoms in total. The normalized spacial score (nSPS) is 11.3. The highest BCUT2D eigenvalue weighted by Crippen LogP contribution is 2.31. The minimum atomic E-state index is 0.346. The Morgan fingerprint density at radius 2 is 2.05 bits per heavy atom. The molecule has 0 saturated heterocycles. The molecule has 20 heavy (non-hydrogen) atoms. The molecule has 1 aromatic heterocycles. The molecule has 108 valence electrons. The first kappa shape index (κ1) is 14.9. The van der Waals surface area contributed by atoms with E-state index < -0.39 is 0 Å². The summed E-state index contributed by atoms with van der Waals surface area (Å²) in [7, 11) is 0. The van der Waals surface area contributed by atoms with Crippen molar-refractivity contribution >= 4 is 17.4 Å². The van der Waals surface area contributed by atoms with E-state index in [9.17, 15) is 0 Å². The minimum Gasteiger partial charge on any atom is -0.383 e. The highest BCUT2D eigenvalue weighted by atomic mass is 35.5. The van der Waals surface area contributed by atoms with Crippen molar-refractivity contribution in [2.24, 2.45) is 0 Å². The monoisotopic (exact) mass is 291 g/mol. The smallest absolute Gasteiger partial charge is 0.131 e. The van der Waals surface area contributed by atoms with E-state index in [1.165, 1.54) is 0 Å². The standard InChI is InChI=1S/C16H22ClN3/c1-5-8-20-15(18)14(19-16(20)10(2)3)12-7-6-11(4)13(17)9-12/h6-7,9-10H,5,8,18H2,1-4H3. The number of halogens is 1. The summed E-state index contributed by atoms with van der Waals surface area (Å²) in [6.07, 6.45) is 1.04. The predicted octanol–water partition coefficient (Wildman–Crippen LogP) is 4.63. The van der Waals surface area contributed by atoms with Gasteiger partial charge in [0.2, 0.25) is 0 Å². The summed E-state index contributed by atoms with van der Waals surface area (Å²) in [5.41, 5.74) is 9.19. The minimum absolute atomic E-state index is 0.346. The van der Waals surface area contributed by atoms with Gasteiger partial charge in [0, 0.05) is 23.0 Å². The zero-order valence-electron chi connectivity index (χ0n) is 12.6. The molecule has 2 N–H and O–H groups in total. The summed E-state index contributed by atoms with van der Waals surface area (Å²) in [6, 6.07) is 5.97. The molecule has 1 heterocycles. The zero-order valence-corrected chi connectivity index (χ0v) is 13.3. The number of aryl methyl sites for hydroxylation is 1. The van der Waals surface area contributed by atoms with Crippen molar-refractivity contribution in [3.8, 4) is 11.3 Å². The summed E-state index contributed by atoms with van der Waals surface area (Å²) < 4.78 is 2.12. The van der Waals surface area contributed by atoms with Crippen LogP contribution < -0.4 is 5.73 Å². The van der Waals surface area contributed by atoms with Crippen LogP contribution in [-0.4, -0.2) is 9.55 Å². The number of nitrogen functional groups attached to an aromatic ring is 1. The van der Waals surface area contributed by atoms with Gasteiger partial charge in [-0.1, -0.05) is 44.5 Å². The Bertz CT molecular complexity index is 614. The van der Waals surface area contributed by atoms with Gasteiger partial charge in [-0.15, -0.1) is 0 Å². The van der Waals surface area contributed by atoms with Gasteiger partial charge in [-0.05, 0) is 25.0 Å². The SMILES string of the molecule is CCCn1c(C(C)C)nc(-c2ccc(C)c(Cl)c2)c1N. The van der Waals surface area contributed by atoms with Crippen LogP contribution in [-0.2, 0) is 6.54 Å². The number of hydrogen-bond donors (Lipinski definition) is 1. The number of hydrogen-bond acceptors (Lipinski definition) is 2. The van der Waals surface area contributed by atoms with Gasteiger partial charge in [-0.3, -0.25) is 0 Å². The summed E-state index contributed by atoms with van der Waals surface area (Å²) in [5, 5.41) is 0.748. The highest BCUT2D eigenvalue weighted by Gasteiger charge is 2.18. The van der Waals surface area contributed by atoms with Crippen molar-refractivity contribution in [3.63, 3.8) is 0 Å². The Morgan fingerprint density at radius 1 is 1.35 bits per heavy atom. The fourth-order valence-corrected chi connectivity index (χ4v) is 2.52. The van der Waals surface area contributed by atoms with E-state index in [1.807, 2.05) is 25.1 Å². The van der Waals surface area contributed by atoms with Crippen LogP contribution in [0.1, 0.15) is 44.5 Å². The molecule has 0 aliphatic rings. The first-order valence-corrected chi connectivity index (χ1v) is 7.45. The molecule has 1 aromatic carbocycles. The second kappa shape index (κ2) is 5.88. The maximum atomic E-state index is 6.31. The van der Waals surface area contributed by atoms with Crippen molar-refractivity contribution in [3.05, 3.63) is 34.6 Å². The molecule has 2 aromatic rings. The molecular formula is C16H22ClN3. The average Bonchev–Trinajstić information content (AvgIpc) is 2.72. The summed E-state index contributed by atoms with van der Waals surface area (Å²) in [4.78, 5) is 4.75. The third kappa shape index (κ3) is 2.68. The lowest BCUT2D eigenvalue weighted by atomic mass is 10.1. The number of anilines is 1. The lowest BCUT2D eigenvalue weighted by molar-refractivity contribution is 0.616. The quantitative estimate of drug-likeness (QED) is 0.892. The molecule has 0 radical (unpaired) electrons. The molecule has 0 saturated carbocycles. The van der Waals surface area contributed by atoms with E-state index in [2.05, 4.69) is 25.3 Å². The number of nitrogens with zero attached hydrogens (tertiary/aromatic N) is 2. The van der Waals surface area contributed by atoms with Gasteiger partial charge in [-0.25, -0.2) is 4.98 Å². The second-order valence-electron chi connectivity index (χ2n) is 5.47. The number of benzene rings is 1. The van der Waals surface area contributed by atoms with E-state index in [1.54, 1.807) is 0 Å². The molecule has 0 fully saturated rings. The van der Waals surface area contributed by atoms with Crippen LogP contribution in [0.25, 0.3) is 11.3 Å². The van der Waals surface area contributed by atoms with Crippen LogP contribution in [0.4, 0.5) is 5.82 Å². The van der Waals surface area contributed by atoms with Crippen LogP contribution in [0.3, 0.4) is 0 Å². The Morgan fingerprint density at radius 3 is 2.60 bits per heavy atom. The average molecular weight is 292 g/mol. The molecule has 0 amide bonds. The van der Waals surface area contributed by atoms with Crippen molar-refractivity contribution in [1.29, 1.82) is 0 Å². The van der Waals surface area contributed by atoms with Crippen LogP contribution >= 0.6 is 11.6 Å². The van der Waals surface area contributed by atoms with Crippen molar-refractivity contribution in [2.75, 3.05) is 5.73 Å². The van der Waals surface area contributed by atoms with Crippen LogP contribution in [0.5, 0.6) is 0 Å². The van der Waals surface area contributed by atoms with Crippen molar-refractivity contribution < 1.29 is 0 Å². The first-order valence-electron chi connectivity index (χ1n) is 7.08. The Labute approximate surface area is 125 Å². The van der Waals surface area contributed by atoms with E-state index in [4.69, 9.17) is 22.3 Å². The zero-order chi connectivity index (χ0) is 14.9. The van der Waals surface area contributed by atoms with Gasteiger partial charge in [0.05, 0.1) is 0 Å². The maximum Gasteiger partial charge on any atom is 0.131 e. The lowest BCUT2D eigenvalue weighted by Crippen LogP contribution is -2.08. The van der Waals surface area contributed by atoms with Crippen LogP contribution in [0.15, 0.2) is 18.2 Å². The summed E-state index contributed by atoms with van der Waals surface area (Å²) in [5.74, 6) is 2.12. The largest absolute Gasteiger partial charge is 0.383 e. The van der Waals surface area contributed by atoms with Crippen LogP contribution in [0, 0.1) is 6.92 Å². The van der Waals surface area contributed by atoms with Gasteiger partial charge in [0.25, 0.3) is 0 Å². The molecule has 0 aliphatic heterocycles. The highest BCUT2D eigenvalue weighted by molar-refractivity contribution is 6.31. The van der Waals surface area contributed by atoms with Gasteiger partial charge in [0.1, 0.15) is 17.3 Å². The number of rotatable bonds is 4. The van der Waals surface area contributed by atoms with Gasteiger partial charge < -0.3 is 10.3 Å². The Hall–Kier alpha value is -1.48.